The van der Waals surface area contributed by atoms with Gasteiger partial charge in [0, 0.05) is 11.1 Å². The number of rotatable bonds is 4. The molecule has 1 N–H and O–H groups in total. The topological polar surface area (TPSA) is 12.0 Å². The van der Waals surface area contributed by atoms with Gasteiger partial charge >= 0.3 is 0 Å². The summed E-state index contributed by atoms with van der Waals surface area (Å²) in [6.45, 7) is 1.93. The van der Waals surface area contributed by atoms with E-state index in [1.807, 2.05) is 44.3 Å². The molecule has 2 aromatic carbocycles. The molecule has 0 heterocycles. The third-order valence-corrected chi connectivity index (χ3v) is 3.56. The van der Waals surface area contributed by atoms with Gasteiger partial charge in [-0.15, -0.1) is 0 Å². The van der Waals surface area contributed by atoms with Crippen molar-refractivity contribution in [3.63, 3.8) is 0 Å². The molecule has 0 saturated carbocycles. The summed E-state index contributed by atoms with van der Waals surface area (Å²) in [5.41, 5.74) is 3.25. The molecular weight excluding hydrogens is 261 g/mol. The summed E-state index contributed by atoms with van der Waals surface area (Å²) < 4.78 is 13.1. The smallest absolute Gasteiger partial charge is 0.123 e. The van der Waals surface area contributed by atoms with E-state index in [0.717, 1.165) is 28.1 Å². The van der Waals surface area contributed by atoms with E-state index < -0.39 is 0 Å². The molecule has 19 heavy (non-hydrogen) atoms. The standard InChI is InChI=1S/C16H17ClFN/c1-11-8-15(18)7-6-12(11)10-16(19-2)13-4-3-5-14(17)9-13/h3-9,16,19H,10H2,1-2H3. The van der Waals surface area contributed by atoms with Crippen molar-refractivity contribution >= 4 is 11.6 Å². The Labute approximate surface area is 118 Å². The Hall–Kier alpha value is -1.38. The molecule has 0 saturated heterocycles. The molecular formula is C16H17ClFN. The second-order valence-electron chi connectivity index (χ2n) is 4.67. The van der Waals surface area contributed by atoms with Crippen LogP contribution in [0, 0.1) is 12.7 Å². The molecule has 0 aliphatic rings. The predicted octanol–water partition coefficient (Wildman–Crippen LogP) is 4.29. The first-order chi connectivity index (χ1) is 9.10. The Balaban J connectivity index is 2.24. The average molecular weight is 278 g/mol. The van der Waals surface area contributed by atoms with Crippen LogP contribution in [0.4, 0.5) is 4.39 Å². The molecule has 100 valence electrons. The fraction of sp³-hybridized carbons (Fsp3) is 0.250. The Kier molecular flexibility index (Phi) is 4.56. The van der Waals surface area contributed by atoms with Crippen molar-refractivity contribution in [2.75, 3.05) is 7.05 Å². The van der Waals surface area contributed by atoms with Crippen LogP contribution in [0.3, 0.4) is 0 Å². The zero-order chi connectivity index (χ0) is 13.8. The minimum absolute atomic E-state index is 0.169. The van der Waals surface area contributed by atoms with Gasteiger partial charge in [0.1, 0.15) is 5.82 Å². The van der Waals surface area contributed by atoms with Crippen LogP contribution in [-0.2, 0) is 6.42 Å². The van der Waals surface area contributed by atoms with Crippen LogP contribution in [-0.4, -0.2) is 7.05 Å². The molecule has 0 radical (unpaired) electrons. The van der Waals surface area contributed by atoms with Gasteiger partial charge in [0.2, 0.25) is 0 Å². The molecule has 2 aromatic rings. The second-order valence-corrected chi connectivity index (χ2v) is 5.11. The molecule has 1 nitrogen and oxygen atoms in total. The maximum absolute atomic E-state index is 13.1. The quantitative estimate of drug-likeness (QED) is 0.879. The number of hydrogen-bond donors (Lipinski definition) is 1. The largest absolute Gasteiger partial charge is 0.313 e. The monoisotopic (exact) mass is 277 g/mol. The van der Waals surface area contributed by atoms with Gasteiger partial charge in [-0.05, 0) is 61.3 Å². The fourth-order valence-corrected chi connectivity index (χ4v) is 2.42. The van der Waals surface area contributed by atoms with E-state index >= 15 is 0 Å². The first kappa shape index (κ1) is 14.0. The lowest BCUT2D eigenvalue weighted by atomic mass is 9.96. The number of aryl methyl sites for hydroxylation is 1. The number of hydrogen-bond acceptors (Lipinski definition) is 1. The minimum Gasteiger partial charge on any atom is -0.313 e. The molecule has 1 unspecified atom stereocenters. The van der Waals surface area contributed by atoms with Gasteiger partial charge in [0.25, 0.3) is 0 Å². The summed E-state index contributed by atoms with van der Waals surface area (Å²) in [6, 6.07) is 12.9. The summed E-state index contributed by atoms with van der Waals surface area (Å²) in [4.78, 5) is 0. The lowest BCUT2D eigenvalue weighted by Gasteiger charge is -2.18. The molecule has 3 heteroatoms. The first-order valence-electron chi connectivity index (χ1n) is 6.28. The minimum atomic E-state index is -0.190. The first-order valence-corrected chi connectivity index (χ1v) is 6.65. The van der Waals surface area contributed by atoms with Crippen molar-refractivity contribution < 1.29 is 4.39 Å². The van der Waals surface area contributed by atoms with Crippen LogP contribution in [0.1, 0.15) is 22.7 Å². The highest BCUT2D eigenvalue weighted by molar-refractivity contribution is 6.30. The summed E-state index contributed by atoms with van der Waals surface area (Å²) in [5, 5.41) is 4.01. The van der Waals surface area contributed by atoms with Crippen LogP contribution >= 0.6 is 11.6 Å². The third-order valence-electron chi connectivity index (χ3n) is 3.33. The van der Waals surface area contributed by atoms with Gasteiger partial charge in [0.15, 0.2) is 0 Å². The van der Waals surface area contributed by atoms with E-state index in [-0.39, 0.29) is 11.9 Å². The van der Waals surface area contributed by atoms with Crippen molar-refractivity contribution in [1.29, 1.82) is 0 Å². The highest BCUT2D eigenvalue weighted by atomic mass is 35.5. The van der Waals surface area contributed by atoms with E-state index in [9.17, 15) is 4.39 Å². The number of nitrogens with one attached hydrogen (secondary N) is 1. The molecule has 0 fully saturated rings. The van der Waals surface area contributed by atoms with Crippen molar-refractivity contribution in [1.82, 2.24) is 5.32 Å². The Morgan fingerprint density at radius 2 is 2.00 bits per heavy atom. The van der Waals surface area contributed by atoms with Crippen molar-refractivity contribution in [2.45, 2.75) is 19.4 Å². The summed E-state index contributed by atoms with van der Waals surface area (Å²) in [6.07, 6.45) is 0.808. The normalized spacial score (nSPS) is 12.4. The van der Waals surface area contributed by atoms with Crippen LogP contribution < -0.4 is 5.32 Å². The summed E-state index contributed by atoms with van der Waals surface area (Å²) >= 11 is 6.02. The summed E-state index contributed by atoms with van der Waals surface area (Å²) in [7, 11) is 1.92. The molecule has 0 aliphatic heterocycles. The third kappa shape index (κ3) is 3.55. The van der Waals surface area contributed by atoms with Crippen molar-refractivity contribution in [3.8, 4) is 0 Å². The predicted molar refractivity (Wildman–Crippen MR) is 78.1 cm³/mol. The van der Waals surface area contributed by atoms with Crippen LogP contribution in [0.15, 0.2) is 42.5 Å². The zero-order valence-corrected chi connectivity index (χ0v) is 11.8. The highest BCUT2D eigenvalue weighted by Crippen LogP contribution is 2.23. The maximum Gasteiger partial charge on any atom is 0.123 e. The van der Waals surface area contributed by atoms with Gasteiger partial charge in [0.05, 0.1) is 0 Å². The van der Waals surface area contributed by atoms with E-state index in [2.05, 4.69) is 5.32 Å². The average Bonchev–Trinajstić information content (AvgIpc) is 2.38. The van der Waals surface area contributed by atoms with E-state index in [0.29, 0.717) is 0 Å². The Morgan fingerprint density at radius 3 is 2.63 bits per heavy atom. The summed E-state index contributed by atoms with van der Waals surface area (Å²) in [5.74, 6) is -0.190. The molecule has 0 spiro atoms. The second kappa shape index (κ2) is 6.18. The number of likely N-dealkylation sites (N-methyl/N-ethyl adjacent to an activating group) is 1. The van der Waals surface area contributed by atoms with Crippen molar-refractivity contribution in [3.05, 3.63) is 70.0 Å². The lowest BCUT2D eigenvalue weighted by molar-refractivity contribution is 0.587. The zero-order valence-electron chi connectivity index (χ0n) is 11.1. The molecule has 0 aromatic heterocycles. The van der Waals surface area contributed by atoms with E-state index in [1.54, 1.807) is 6.07 Å². The maximum atomic E-state index is 13.1. The Bertz CT molecular complexity index is 568. The van der Waals surface area contributed by atoms with Crippen molar-refractivity contribution in [2.24, 2.45) is 0 Å². The van der Waals surface area contributed by atoms with Gasteiger partial charge < -0.3 is 5.32 Å². The van der Waals surface area contributed by atoms with Crippen LogP contribution in [0.25, 0.3) is 0 Å². The van der Waals surface area contributed by atoms with E-state index in [4.69, 9.17) is 11.6 Å². The van der Waals surface area contributed by atoms with Gasteiger partial charge in [-0.25, -0.2) is 4.39 Å². The number of halogens is 2. The lowest BCUT2D eigenvalue weighted by Crippen LogP contribution is -2.19. The molecule has 2 rings (SSSR count). The molecule has 0 aliphatic carbocycles. The molecule has 1 atom stereocenters. The Morgan fingerprint density at radius 1 is 1.21 bits per heavy atom. The SMILES string of the molecule is CNC(Cc1ccc(F)cc1C)c1cccc(Cl)c1. The molecule has 0 bridgehead atoms. The van der Waals surface area contributed by atoms with Crippen LogP contribution in [0.2, 0.25) is 5.02 Å². The van der Waals surface area contributed by atoms with Gasteiger partial charge in [-0.2, -0.15) is 0 Å². The fourth-order valence-electron chi connectivity index (χ4n) is 2.22. The molecule has 0 amide bonds. The number of benzene rings is 2. The van der Waals surface area contributed by atoms with Gasteiger partial charge in [-0.1, -0.05) is 29.8 Å². The van der Waals surface area contributed by atoms with Crippen LogP contribution in [0.5, 0.6) is 0 Å². The van der Waals surface area contributed by atoms with Gasteiger partial charge in [-0.3, -0.25) is 0 Å². The van der Waals surface area contributed by atoms with E-state index in [1.165, 1.54) is 6.07 Å². The highest BCUT2D eigenvalue weighted by Gasteiger charge is 2.12.